The molecule has 0 saturated heterocycles. The summed E-state index contributed by atoms with van der Waals surface area (Å²) in [4.78, 5) is 11.1. The zero-order valence-corrected chi connectivity index (χ0v) is 7.44. The standard InChI is InChI=1S/C11H13NO/c1-2-11(13)10(12)8-9-6-4-3-5-7-9/h2-7,10H,1,8,12H2/t10-/m1/s1. The Bertz CT molecular complexity index is 292. The SMILES string of the molecule is C=CC(=O)[C@H](N)Cc1ccccc1. The summed E-state index contributed by atoms with van der Waals surface area (Å²) in [6, 6.07) is 9.25. The molecule has 0 saturated carbocycles. The van der Waals surface area contributed by atoms with Crippen LogP contribution in [0.2, 0.25) is 0 Å². The molecule has 2 nitrogen and oxygen atoms in total. The van der Waals surface area contributed by atoms with Crippen LogP contribution in [0.5, 0.6) is 0 Å². The first-order valence-electron chi connectivity index (χ1n) is 4.20. The molecule has 0 amide bonds. The molecule has 0 aliphatic carbocycles. The quantitative estimate of drug-likeness (QED) is 0.701. The van der Waals surface area contributed by atoms with Crippen LogP contribution in [0.3, 0.4) is 0 Å². The number of ketones is 1. The van der Waals surface area contributed by atoms with E-state index >= 15 is 0 Å². The molecule has 0 heterocycles. The van der Waals surface area contributed by atoms with E-state index in [1.807, 2.05) is 30.3 Å². The molecule has 0 aromatic heterocycles. The zero-order valence-electron chi connectivity index (χ0n) is 7.44. The van der Waals surface area contributed by atoms with Crippen LogP contribution in [0, 0.1) is 0 Å². The van der Waals surface area contributed by atoms with Crippen molar-refractivity contribution in [2.45, 2.75) is 12.5 Å². The Morgan fingerprint density at radius 3 is 2.62 bits per heavy atom. The summed E-state index contributed by atoms with van der Waals surface area (Å²) in [5.41, 5.74) is 6.71. The van der Waals surface area contributed by atoms with Gasteiger partial charge in [-0.2, -0.15) is 0 Å². The molecule has 0 bridgehead atoms. The number of carbonyl (C=O) groups is 1. The molecule has 0 aliphatic rings. The van der Waals surface area contributed by atoms with Crippen LogP contribution in [0.15, 0.2) is 43.0 Å². The topological polar surface area (TPSA) is 43.1 Å². The molecule has 1 aromatic carbocycles. The van der Waals surface area contributed by atoms with E-state index < -0.39 is 6.04 Å². The molecule has 1 aromatic rings. The van der Waals surface area contributed by atoms with Crippen molar-refractivity contribution in [3.63, 3.8) is 0 Å². The van der Waals surface area contributed by atoms with Crippen LogP contribution in [0.25, 0.3) is 0 Å². The van der Waals surface area contributed by atoms with Gasteiger partial charge in [0.15, 0.2) is 5.78 Å². The lowest BCUT2D eigenvalue weighted by atomic mass is 10.0. The third kappa shape index (κ3) is 2.84. The largest absolute Gasteiger partial charge is 0.321 e. The molecule has 2 heteroatoms. The predicted octanol–water partition coefficient (Wildman–Crippen LogP) is 1.31. The van der Waals surface area contributed by atoms with E-state index in [1.54, 1.807) is 0 Å². The first kappa shape index (κ1) is 9.68. The van der Waals surface area contributed by atoms with Crippen LogP contribution < -0.4 is 5.73 Å². The molecule has 1 rings (SSSR count). The second-order valence-electron chi connectivity index (χ2n) is 2.90. The number of rotatable bonds is 4. The number of nitrogens with two attached hydrogens (primary N) is 1. The summed E-state index contributed by atoms with van der Waals surface area (Å²) < 4.78 is 0. The summed E-state index contributed by atoms with van der Waals surface area (Å²) in [6.45, 7) is 3.39. The van der Waals surface area contributed by atoms with Gasteiger partial charge in [0.1, 0.15) is 0 Å². The van der Waals surface area contributed by atoms with Gasteiger partial charge in [0.05, 0.1) is 6.04 Å². The van der Waals surface area contributed by atoms with Crippen LogP contribution in [0.1, 0.15) is 5.56 Å². The molecule has 0 unspecified atom stereocenters. The summed E-state index contributed by atoms with van der Waals surface area (Å²) in [7, 11) is 0. The van der Waals surface area contributed by atoms with Gasteiger partial charge in [-0.15, -0.1) is 0 Å². The first-order valence-corrected chi connectivity index (χ1v) is 4.20. The Labute approximate surface area is 78.1 Å². The summed E-state index contributed by atoms with van der Waals surface area (Å²) in [6.07, 6.45) is 1.85. The molecule has 13 heavy (non-hydrogen) atoms. The van der Waals surface area contributed by atoms with Crippen LogP contribution in [0.4, 0.5) is 0 Å². The molecule has 1 atom stereocenters. The smallest absolute Gasteiger partial charge is 0.172 e. The number of carbonyl (C=O) groups excluding carboxylic acids is 1. The van der Waals surface area contributed by atoms with Crippen molar-refractivity contribution < 1.29 is 4.79 Å². The average molecular weight is 175 g/mol. The molecule has 0 spiro atoms. The van der Waals surface area contributed by atoms with Crippen molar-refractivity contribution in [3.05, 3.63) is 48.6 Å². The Balaban J connectivity index is 2.60. The van der Waals surface area contributed by atoms with Crippen molar-refractivity contribution in [2.75, 3.05) is 0 Å². The highest BCUT2D eigenvalue weighted by Gasteiger charge is 2.09. The molecular formula is C11H13NO. The Kier molecular flexibility index (Phi) is 3.41. The third-order valence-corrected chi connectivity index (χ3v) is 1.87. The van der Waals surface area contributed by atoms with Gasteiger partial charge in [-0.1, -0.05) is 36.9 Å². The van der Waals surface area contributed by atoms with E-state index in [9.17, 15) is 4.79 Å². The molecule has 68 valence electrons. The van der Waals surface area contributed by atoms with Crippen molar-refractivity contribution in [3.8, 4) is 0 Å². The fraction of sp³-hybridized carbons (Fsp3) is 0.182. The molecule has 0 fully saturated rings. The van der Waals surface area contributed by atoms with Crippen molar-refractivity contribution in [2.24, 2.45) is 5.73 Å². The van der Waals surface area contributed by atoms with E-state index in [1.165, 1.54) is 6.08 Å². The summed E-state index contributed by atoms with van der Waals surface area (Å²) in [5.74, 6) is -0.108. The second kappa shape index (κ2) is 4.58. The van der Waals surface area contributed by atoms with E-state index in [0.29, 0.717) is 6.42 Å². The van der Waals surface area contributed by atoms with Gasteiger partial charge in [0.2, 0.25) is 0 Å². The Morgan fingerprint density at radius 2 is 2.08 bits per heavy atom. The predicted molar refractivity (Wildman–Crippen MR) is 53.3 cm³/mol. The van der Waals surface area contributed by atoms with E-state index in [4.69, 9.17) is 5.73 Å². The van der Waals surface area contributed by atoms with Crippen molar-refractivity contribution in [1.82, 2.24) is 0 Å². The number of benzene rings is 1. The highest BCUT2D eigenvalue weighted by Crippen LogP contribution is 2.02. The van der Waals surface area contributed by atoms with Gasteiger partial charge >= 0.3 is 0 Å². The minimum absolute atomic E-state index is 0.108. The normalized spacial score (nSPS) is 12.1. The lowest BCUT2D eigenvalue weighted by Gasteiger charge is -2.06. The number of hydrogen-bond donors (Lipinski definition) is 1. The van der Waals surface area contributed by atoms with Gasteiger partial charge in [0.25, 0.3) is 0 Å². The zero-order chi connectivity index (χ0) is 9.68. The van der Waals surface area contributed by atoms with Gasteiger partial charge in [-0.25, -0.2) is 0 Å². The van der Waals surface area contributed by atoms with Gasteiger partial charge < -0.3 is 5.73 Å². The Morgan fingerprint density at radius 1 is 1.46 bits per heavy atom. The van der Waals surface area contributed by atoms with Gasteiger partial charge in [-0.05, 0) is 18.1 Å². The maximum absolute atomic E-state index is 11.1. The van der Waals surface area contributed by atoms with Crippen LogP contribution in [-0.2, 0) is 11.2 Å². The fourth-order valence-corrected chi connectivity index (χ4v) is 1.12. The van der Waals surface area contributed by atoms with E-state index in [0.717, 1.165) is 5.56 Å². The lowest BCUT2D eigenvalue weighted by molar-refractivity contribution is -0.115. The maximum Gasteiger partial charge on any atom is 0.172 e. The second-order valence-corrected chi connectivity index (χ2v) is 2.90. The average Bonchev–Trinajstić information content (AvgIpc) is 2.18. The monoisotopic (exact) mass is 175 g/mol. The van der Waals surface area contributed by atoms with Crippen molar-refractivity contribution >= 4 is 5.78 Å². The summed E-state index contributed by atoms with van der Waals surface area (Å²) >= 11 is 0. The highest BCUT2D eigenvalue weighted by atomic mass is 16.1. The van der Waals surface area contributed by atoms with Gasteiger partial charge in [-0.3, -0.25) is 4.79 Å². The van der Waals surface area contributed by atoms with E-state index in [2.05, 4.69) is 6.58 Å². The molecular weight excluding hydrogens is 162 g/mol. The first-order chi connectivity index (χ1) is 6.24. The molecule has 0 radical (unpaired) electrons. The van der Waals surface area contributed by atoms with Crippen molar-refractivity contribution in [1.29, 1.82) is 0 Å². The lowest BCUT2D eigenvalue weighted by Crippen LogP contribution is -2.31. The summed E-state index contributed by atoms with van der Waals surface area (Å²) in [5, 5.41) is 0. The molecule has 2 N–H and O–H groups in total. The Hall–Kier alpha value is -1.41. The highest BCUT2D eigenvalue weighted by molar-refractivity contribution is 5.93. The maximum atomic E-state index is 11.1. The fourth-order valence-electron chi connectivity index (χ4n) is 1.12. The van der Waals surface area contributed by atoms with Crippen LogP contribution >= 0.6 is 0 Å². The van der Waals surface area contributed by atoms with E-state index in [-0.39, 0.29) is 5.78 Å². The molecule has 0 aliphatic heterocycles. The van der Waals surface area contributed by atoms with Crippen LogP contribution in [-0.4, -0.2) is 11.8 Å². The minimum atomic E-state index is -0.458. The number of hydrogen-bond acceptors (Lipinski definition) is 2. The minimum Gasteiger partial charge on any atom is -0.321 e. The van der Waals surface area contributed by atoms with Gasteiger partial charge in [0, 0.05) is 0 Å². The third-order valence-electron chi connectivity index (χ3n) is 1.87.